The molecule has 2 heterocycles. The van der Waals surface area contributed by atoms with Gasteiger partial charge in [0.15, 0.2) is 0 Å². The molecule has 0 aliphatic carbocycles. The van der Waals surface area contributed by atoms with Crippen molar-refractivity contribution in [2.45, 2.75) is 34.2 Å². The van der Waals surface area contributed by atoms with E-state index in [9.17, 15) is 14.0 Å². The number of hydrogen-bond acceptors (Lipinski definition) is 3. The third-order valence-electron chi connectivity index (χ3n) is 5.76. The van der Waals surface area contributed by atoms with Crippen LogP contribution in [0.5, 0.6) is 0 Å². The van der Waals surface area contributed by atoms with Crippen LogP contribution in [-0.2, 0) is 11.3 Å². The molecule has 1 aliphatic heterocycles. The van der Waals surface area contributed by atoms with Gasteiger partial charge < -0.3 is 4.57 Å². The van der Waals surface area contributed by atoms with Gasteiger partial charge in [-0.05, 0) is 92.6 Å². The molecule has 1 fully saturated rings. The minimum Gasteiger partial charge on any atom is -0.318 e. The fraction of sp³-hybridized carbons (Fsp3) is 0.200. The van der Waals surface area contributed by atoms with Crippen LogP contribution in [0.2, 0.25) is 5.02 Å². The summed E-state index contributed by atoms with van der Waals surface area (Å²) in [6.45, 7) is 7.94. The largest absolute Gasteiger partial charge is 0.318 e. The third-order valence-corrected chi connectivity index (χ3v) is 7.02. The number of thioether (sulfide) groups is 1. The second-order valence-corrected chi connectivity index (χ2v) is 9.30. The van der Waals surface area contributed by atoms with Crippen molar-refractivity contribution in [2.75, 3.05) is 0 Å². The molecule has 32 heavy (non-hydrogen) atoms. The number of rotatable bonds is 4. The Morgan fingerprint density at radius 1 is 1.03 bits per heavy atom. The maximum absolute atomic E-state index is 14.2. The van der Waals surface area contributed by atoms with Crippen molar-refractivity contribution in [3.63, 3.8) is 0 Å². The molecule has 1 aliphatic rings. The van der Waals surface area contributed by atoms with E-state index >= 15 is 0 Å². The molecule has 164 valence electrons. The molecule has 4 nitrogen and oxygen atoms in total. The molecule has 0 N–H and O–H groups in total. The van der Waals surface area contributed by atoms with Gasteiger partial charge in [-0.25, -0.2) is 4.39 Å². The summed E-state index contributed by atoms with van der Waals surface area (Å²) >= 11 is 6.93. The van der Waals surface area contributed by atoms with E-state index < -0.39 is 17.0 Å². The van der Waals surface area contributed by atoms with Crippen molar-refractivity contribution in [1.82, 2.24) is 9.47 Å². The molecule has 0 atom stereocenters. The third kappa shape index (κ3) is 4.00. The summed E-state index contributed by atoms with van der Waals surface area (Å²) in [5.41, 5.74) is 6.44. The van der Waals surface area contributed by atoms with Gasteiger partial charge in [0.2, 0.25) is 0 Å². The molecular formula is C25H22ClFN2O2S. The summed E-state index contributed by atoms with van der Waals surface area (Å²) in [4.78, 5) is 26.8. The van der Waals surface area contributed by atoms with Crippen LogP contribution >= 0.6 is 23.4 Å². The molecule has 7 heteroatoms. The molecule has 2 aromatic carbocycles. The van der Waals surface area contributed by atoms with Crippen molar-refractivity contribution < 1.29 is 14.0 Å². The number of aryl methyl sites for hydroxylation is 3. The zero-order valence-corrected chi connectivity index (χ0v) is 19.8. The van der Waals surface area contributed by atoms with E-state index in [1.165, 1.54) is 29.3 Å². The maximum Gasteiger partial charge on any atom is 0.293 e. The Morgan fingerprint density at radius 2 is 1.78 bits per heavy atom. The number of halogens is 2. The van der Waals surface area contributed by atoms with Crippen molar-refractivity contribution in [2.24, 2.45) is 0 Å². The summed E-state index contributed by atoms with van der Waals surface area (Å²) in [6, 6.07) is 12.6. The van der Waals surface area contributed by atoms with E-state index in [2.05, 4.69) is 36.6 Å². The van der Waals surface area contributed by atoms with Gasteiger partial charge in [0.25, 0.3) is 11.1 Å². The number of carbonyl (C=O) groups excluding carboxylic acids is 2. The lowest BCUT2D eigenvalue weighted by Crippen LogP contribution is -2.28. The van der Waals surface area contributed by atoms with E-state index in [-0.39, 0.29) is 17.1 Å². The number of carbonyl (C=O) groups is 2. The van der Waals surface area contributed by atoms with E-state index in [1.54, 1.807) is 6.08 Å². The zero-order valence-electron chi connectivity index (χ0n) is 18.2. The second-order valence-electron chi connectivity index (χ2n) is 7.90. The van der Waals surface area contributed by atoms with Crippen LogP contribution in [0.3, 0.4) is 0 Å². The van der Waals surface area contributed by atoms with Crippen LogP contribution in [0, 0.1) is 33.5 Å². The number of imide groups is 1. The van der Waals surface area contributed by atoms with Crippen molar-refractivity contribution in [3.05, 3.63) is 91.9 Å². The van der Waals surface area contributed by atoms with Crippen LogP contribution in [-0.4, -0.2) is 20.6 Å². The van der Waals surface area contributed by atoms with Gasteiger partial charge in [-0.15, -0.1) is 0 Å². The van der Waals surface area contributed by atoms with Crippen LogP contribution < -0.4 is 0 Å². The van der Waals surface area contributed by atoms with E-state index in [1.807, 2.05) is 19.9 Å². The average Bonchev–Trinajstić information content (AvgIpc) is 3.16. The van der Waals surface area contributed by atoms with Crippen LogP contribution in [0.1, 0.15) is 33.6 Å². The molecule has 0 saturated carbocycles. The molecule has 1 aromatic heterocycles. The molecule has 0 unspecified atom stereocenters. The molecule has 2 amide bonds. The first-order valence-electron chi connectivity index (χ1n) is 10.1. The fourth-order valence-electron chi connectivity index (χ4n) is 3.81. The van der Waals surface area contributed by atoms with Crippen molar-refractivity contribution >= 4 is 40.6 Å². The van der Waals surface area contributed by atoms with Gasteiger partial charge in [-0.3, -0.25) is 14.5 Å². The number of hydrogen-bond donors (Lipinski definition) is 0. The van der Waals surface area contributed by atoms with Crippen molar-refractivity contribution in [3.8, 4) is 5.69 Å². The fourth-order valence-corrected chi connectivity index (χ4v) is 4.87. The Labute approximate surface area is 195 Å². The number of benzene rings is 2. The average molecular weight is 469 g/mol. The molecule has 3 aromatic rings. The Balaban J connectivity index is 1.66. The van der Waals surface area contributed by atoms with Gasteiger partial charge in [0.1, 0.15) is 5.82 Å². The first kappa shape index (κ1) is 22.4. The van der Waals surface area contributed by atoms with Crippen LogP contribution in [0.15, 0.2) is 47.4 Å². The highest BCUT2D eigenvalue weighted by atomic mass is 35.5. The Kier molecular flexibility index (Phi) is 6.01. The number of aromatic nitrogens is 1. The lowest BCUT2D eigenvalue weighted by Gasteiger charge is -2.14. The standard InChI is InChI=1S/C25H22ClFN2O2S/c1-14-8-9-19(10-15(14)2)29-16(3)11-18(17(29)4)12-23-24(30)28(25(31)32-23)13-20-21(26)6-5-7-22(20)27/h5-12H,13H2,1-4H3/b23-12-. The summed E-state index contributed by atoms with van der Waals surface area (Å²) in [5, 5.41) is -0.256. The summed E-state index contributed by atoms with van der Waals surface area (Å²) < 4.78 is 16.3. The minimum atomic E-state index is -0.544. The molecule has 0 spiro atoms. The monoisotopic (exact) mass is 468 g/mol. The quantitative estimate of drug-likeness (QED) is 0.398. The molecular weight excluding hydrogens is 447 g/mol. The number of nitrogens with zero attached hydrogens (tertiary/aromatic N) is 2. The highest BCUT2D eigenvalue weighted by Gasteiger charge is 2.36. The molecule has 0 bridgehead atoms. The highest BCUT2D eigenvalue weighted by molar-refractivity contribution is 8.18. The van der Waals surface area contributed by atoms with Crippen molar-refractivity contribution in [1.29, 1.82) is 0 Å². The summed E-state index contributed by atoms with van der Waals surface area (Å²) in [6.07, 6.45) is 1.73. The Bertz CT molecular complexity index is 1280. The molecule has 1 saturated heterocycles. The van der Waals surface area contributed by atoms with Gasteiger partial charge in [0.05, 0.1) is 11.4 Å². The zero-order chi connectivity index (χ0) is 23.2. The topological polar surface area (TPSA) is 42.3 Å². The predicted octanol–water partition coefficient (Wildman–Crippen LogP) is 6.74. The van der Waals surface area contributed by atoms with E-state index in [0.29, 0.717) is 4.91 Å². The summed E-state index contributed by atoms with van der Waals surface area (Å²) in [7, 11) is 0. The SMILES string of the molecule is Cc1ccc(-n2c(C)cc(/C=C3\SC(=O)N(Cc4c(F)cccc4Cl)C3=O)c2C)cc1C. The molecule has 0 radical (unpaired) electrons. The van der Waals surface area contributed by atoms with Gasteiger partial charge in [-0.1, -0.05) is 23.7 Å². The van der Waals surface area contributed by atoms with Gasteiger partial charge in [0, 0.05) is 27.7 Å². The van der Waals surface area contributed by atoms with Crippen LogP contribution in [0.4, 0.5) is 9.18 Å². The first-order chi connectivity index (χ1) is 15.2. The predicted molar refractivity (Wildman–Crippen MR) is 128 cm³/mol. The van der Waals surface area contributed by atoms with E-state index in [4.69, 9.17) is 11.6 Å². The maximum atomic E-state index is 14.2. The van der Waals surface area contributed by atoms with E-state index in [0.717, 1.165) is 39.3 Å². The Hall–Kier alpha value is -2.83. The summed E-state index contributed by atoms with van der Waals surface area (Å²) in [5.74, 6) is -0.993. The van der Waals surface area contributed by atoms with Crippen LogP contribution in [0.25, 0.3) is 11.8 Å². The second kappa shape index (κ2) is 8.60. The normalized spacial score (nSPS) is 15.3. The van der Waals surface area contributed by atoms with Gasteiger partial charge in [-0.2, -0.15) is 0 Å². The minimum absolute atomic E-state index is 0.130. The smallest absolute Gasteiger partial charge is 0.293 e. The lowest BCUT2D eigenvalue weighted by atomic mass is 10.1. The number of amides is 2. The molecule has 4 rings (SSSR count). The Morgan fingerprint density at radius 3 is 2.47 bits per heavy atom. The highest BCUT2D eigenvalue weighted by Crippen LogP contribution is 2.35. The first-order valence-corrected chi connectivity index (χ1v) is 11.3. The lowest BCUT2D eigenvalue weighted by molar-refractivity contribution is -0.123. The van der Waals surface area contributed by atoms with Gasteiger partial charge >= 0.3 is 0 Å².